The molecule has 0 saturated carbocycles. The number of nitrogen functional groups attached to an aromatic ring is 1. The van der Waals surface area contributed by atoms with Gasteiger partial charge in [0.25, 0.3) is 5.56 Å². The van der Waals surface area contributed by atoms with Gasteiger partial charge in [-0.15, -0.1) is 11.3 Å². The van der Waals surface area contributed by atoms with Crippen LogP contribution in [0.25, 0.3) is 10.2 Å². The lowest BCUT2D eigenvalue weighted by Gasteiger charge is -2.16. The fourth-order valence-electron chi connectivity index (χ4n) is 2.23. The van der Waals surface area contributed by atoms with E-state index < -0.39 is 0 Å². The summed E-state index contributed by atoms with van der Waals surface area (Å²) in [5.74, 6) is 0.921. The number of thiophene rings is 1. The quantitative estimate of drug-likeness (QED) is 0.755. The first-order chi connectivity index (χ1) is 7.68. The topological polar surface area (TPSA) is 60.9 Å². The van der Waals surface area contributed by atoms with E-state index in [-0.39, 0.29) is 5.56 Å². The second-order valence-corrected chi connectivity index (χ2v) is 5.40. The van der Waals surface area contributed by atoms with Crippen LogP contribution in [-0.4, -0.2) is 9.55 Å². The Morgan fingerprint density at radius 2 is 2.25 bits per heavy atom. The zero-order valence-electron chi connectivity index (χ0n) is 9.12. The first-order valence-electron chi connectivity index (χ1n) is 5.47. The van der Waals surface area contributed by atoms with Gasteiger partial charge in [-0.3, -0.25) is 9.36 Å². The van der Waals surface area contributed by atoms with Gasteiger partial charge in [0.15, 0.2) is 0 Å². The van der Waals surface area contributed by atoms with Crippen LogP contribution in [0.4, 0.5) is 5.69 Å². The molecule has 84 valence electrons. The molecule has 16 heavy (non-hydrogen) atoms. The number of rotatable bonds is 0. The van der Waals surface area contributed by atoms with Gasteiger partial charge in [-0.05, 0) is 19.8 Å². The van der Waals surface area contributed by atoms with Crippen LogP contribution in [0.2, 0.25) is 0 Å². The largest absolute Gasteiger partial charge is 0.397 e. The van der Waals surface area contributed by atoms with Crippen molar-refractivity contribution >= 4 is 27.2 Å². The number of aryl methyl sites for hydroxylation is 2. The molecule has 0 aromatic carbocycles. The normalized spacial score (nSPS) is 15.3. The van der Waals surface area contributed by atoms with E-state index in [2.05, 4.69) is 4.98 Å². The molecule has 0 saturated heterocycles. The minimum absolute atomic E-state index is 0.0431. The summed E-state index contributed by atoms with van der Waals surface area (Å²) in [7, 11) is 0. The van der Waals surface area contributed by atoms with E-state index in [0.717, 1.165) is 41.3 Å². The van der Waals surface area contributed by atoms with Gasteiger partial charge >= 0.3 is 0 Å². The average Bonchev–Trinajstić information content (AvgIpc) is 2.55. The van der Waals surface area contributed by atoms with Crippen molar-refractivity contribution in [3.8, 4) is 0 Å². The molecule has 2 N–H and O–H groups in total. The molecule has 2 aromatic rings. The number of nitrogens with two attached hydrogens (primary N) is 1. The molecule has 0 amide bonds. The maximum absolute atomic E-state index is 12.3. The average molecular weight is 235 g/mol. The predicted molar refractivity (Wildman–Crippen MR) is 66.0 cm³/mol. The Morgan fingerprint density at radius 3 is 3.06 bits per heavy atom. The van der Waals surface area contributed by atoms with Crippen molar-refractivity contribution in [2.24, 2.45) is 0 Å². The summed E-state index contributed by atoms with van der Waals surface area (Å²) in [5, 5.41) is 0.619. The molecule has 0 radical (unpaired) electrons. The molecule has 3 heterocycles. The van der Waals surface area contributed by atoms with Crippen LogP contribution in [-0.2, 0) is 13.0 Å². The van der Waals surface area contributed by atoms with Gasteiger partial charge < -0.3 is 5.73 Å². The fourth-order valence-corrected chi connectivity index (χ4v) is 3.18. The number of fused-ring (bicyclic) bond motifs is 2. The van der Waals surface area contributed by atoms with E-state index in [1.165, 1.54) is 11.3 Å². The maximum atomic E-state index is 12.3. The van der Waals surface area contributed by atoms with Crippen molar-refractivity contribution in [3.63, 3.8) is 0 Å². The minimum Gasteiger partial charge on any atom is -0.397 e. The number of hydrogen-bond acceptors (Lipinski definition) is 4. The van der Waals surface area contributed by atoms with Crippen molar-refractivity contribution in [1.29, 1.82) is 0 Å². The highest BCUT2D eigenvalue weighted by Gasteiger charge is 2.18. The molecule has 0 fully saturated rings. The van der Waals surface area contributed by atoms with E-state index in [0.29, 0.717) is 11.1 Å². The molecule has 1 aliphatic rings. The van der Waals surface area contributed by atoms with E-state index in [9.17, 15) is 4.79 Å². The van der Waals surface area contributed by atoms with E-state index in [4.69, 9.17) is 5.73 Å². The molecule has 0 spiro atoms. The zero-order valence-corrected chi connectivity index (χ0v) is 9.93. The van der Waals surface area contributed by atoms with Crippen molar-refractivity contribution in [2.45, 2.75) is 32.7 Å². The van der Waals surface area contributed by atoms with Crippen LogP contribution in [0.15, 0.2) is 4.79 Å². The molecule has 4 nitrogen and oxygen atoms in total. The lowest BCUT2D eigenvalue weighted by molar-refractivity contribution is 0.501. The molecule has 1 aliphatic heterocycles. The Bertz CT molecular complexity index is 626. The fraction of sp³-hybridized carbons (Fsp3) is 0.455. The molecular weight excluding hydrogens is 222 g/mol. The Morgan fingerprint density at radius 1 is 1.44 bits per heavy atom. The summed E-state index contributed by atoms with van der Waals surface area (Å²) in [5.41, 5.74) is 6.58. The van der Waals surface area contributed by atoms with Crippen LogP contribution in [0.5, 0.6) is 0 Å². The monoisotopic (exact) mass is 235 g/mol. The van der Waals surface area contributed by atoms with Crippen molar-refractivity contribution in [1.82, 2.24) is 9.55 Å². The van der Waals surface area contributed by atoms with Gasteiger partial charge in [0.05, 0.1) is 11.1 Å². The summed E-state index contributed by atoms with van der Waals surface area (Å²) in [6.07, 6.45) is 3.09. The van der Waals surface area contributed by atoms with Crippen LogP contribution in [0.1, 0.15) is 23.5 Å². The highest BCUT2D eigenvalue weighted by Crippen LogP contribution is 2.29. The van der Waals surface area contributed by atoms with Crippen LogP contribution >= 0.6 is 11.3 Å². The molecule has 0 atom stereocenters. The minimum atomic E-state index is 0.0431. The molecule has 0 bridgehead atoms. The standard InChI is InChI=1S/C11H13N3OS/c1-6-9(12)8-10(16-6)13-7-4-2-3-5-14(7)11(8)15/h2-5,12H2,1H3. The van der Waals surface area contributed by atoms with Gasteiger partial charge in [-0.2, -0.15) is 0 Å². The van der Waals surface area contributed by atoms with Gasteiger partial charge in [-0.25, -0.2) is 4.98 Å². The van der Waals surface area contributed by atoms with Crippen LogP contribution in [0, 0.1) is 6.92 Å². The SMILES string of the molecule is Cc1sc2nc3n(c(=O)c2c1N)CCCC3. The molecule has 3 rings (SSSR count). The molecule has 2 aromatic heterocycles. The Kier molecular flexibility index (Phi) is 2.04. The van der Waals surface area contributed by atoms with Gasteiger partial charge in [0.2, 0.25) is 0 Å². The van der Waals surface area contributed by atoms with Crippen molar-refractivity contribution in [2.75, 3.05) is 5.73 Å². The maximum Gasteiger partial charge on any atom is 0.264 e. The van der Waals surface area contributed by atoms with Gasteiger partial charge in [0, 0.05) is 17.8 Å². The van der Waals surface area contributed by atoms with Crippen molar-refractivity contribution < 1.29 is 0 Å². The Hall–Kier alpha value is -1.36. The number of anilines is 1. The second kappa shape index (κ2) is 3.31. The number of nitrogens with zero attached hydrogens (tertiary/aromatic N) is 2. The van der Waals surface area contributed by atoms with Gasteiger partial charge in [0.1, 0.15) is 10.7 Å². The molecule has 0 aliphatic carbocycles. The third kappa shape index (κ3) is 1.21. The number of aromatic nitrogens is 2. The Balaban J connectivity index is 2.44. The summed E-state index contributed by atoms with van der Waals surface area (Å²) in [4.78, 5) is 18.6. The molecular formula is C11H13N3OS. The summed E-state index contributed by atoms with van der Waals surface area (Å²) in [6.45, 7) is 2.72. The summed E-state index contributed by atoms with van der Waals surface area (Å²) >= 11 is 1.52. The lowest BCUT2D eigenvalue weighted by Crippen LogP contribution is -2.28. The summed E-state index contributed by atoms with van der Waals surface area (Å²) in [6, 6.07) is 0. The van der Waals surface area contributed by atoms with E-state index in [1.54, 1.807) is 4.57 Å². The third-order valence-electron chi connectivity index (χ3n) is 3.15. The highest BCUT2D eigenvalue weighted by molar-refractivity contribution is 7.19. The zero-order chi connectivity index (χ0) is 11.3. The number of hydrogen-bond donors (Lipinski definition) is 1. The smallest absolute Gasteiger partial charge is 0.264 e. The molecule has 0 unspecified atom stereocenters. The Labute approximate surface area is 96.7 Å². The van der Waals surface area contributed by atoms with E-state index >= 15 is 0 Å². The van der Waals surface area contributed by atoms with E-state index in [1.807, 2.05) is 6.92 Å². The van der Waals surface area contributed by atoms with Crippen LogP contribution in [0.3, 0.4) is 0 Å². The first-order valence-corrected chi connectivity index (χ1v) is 6.28. The molecule has 5 heteroatoms. The summed E-state index contributed by atoms with van der Waals surface area (Å²) < 4.78 is 1.79. The first kappa shape index (κ1) is 9.84. The lowest BCUT2D eigenvalue weighted by atomic mass is 10.1. The van der Waals surface area contributed by atoms with Crippen LogP contribution < -0.4 is 11.3 Å². The predicted octanol–water partition coefficient (Wildman–Crippen LogP) is 1.68. The van der Waals surface area contributed by atoms with Crippen molar-refractivity contribution in [3.05, 3.63) is 21.1 Å². The second-order valence-electron chi connectivity index (χ2n) is 4.19. The highest BCUT2D eigenvalue weighted by atomic mass is 32.1. The van der Waals surface area contributed by atoms with Gasteiger partial charge in [-0.1, -0.05) is 0 Å². The third-order valence-corrected chi connectivity index (χ3v) is 4.16.